The molecule has 2 rings (SSSR count). The normalized spacial score (nSPS) is 19.2. The van der Waals surface area contributed by atoms with Crippen LogP contribution in [0.25, 0.3) is 0 Å². The third kappa shape index (κ3) is 5.90. The smallest absolute Gasteiger partial charge is 0.419 e. The number of benzene rings is 1. The highest BCUT2D eigenvalue weighted by Crippen LogP contribution is 2.39. The standard InChI is InChI=1S/C19H25F4N3O5/c1-17(2,3)31-16(29)25-18(24-15(28)30-4)7-8-26(10-18)13-6-5-12(20)14(11(13)9-27)19(21,22)23/h5-6,27H,7-10H2,1-4H3,(H,24,28)(H,25,29)/t18-/m1/s1. The molecule has 174 valence electrons. The monoisotopic (exact) mass is 451 g/mol. The Balaban J connectivity index is 2.39. The molecule has 0 aliphatic carbocycles. The van der Waals surface area contributed by atoms with E-state index in [0.29, 0.717) is 6.07 Å². The minimum absolute atomic E-state index is 0.0734. The van der Waals surface area contributed by atoms with E-state index in [1.54, 1.807) is 20.8 Å². The number of ether oxygens (including phenoxy) is 2. The lowest BCUT2D eigenvalue weighted by atomic mass is 10.0. The molecule has 0 spiro atoms. The third-order valence-corrected chi connectivity index (χ3v) is 4.56. The van der Waals surface area contributed by atoms with Crippen LogP contribution < -0.4 is 15.5 Å². The van der Waals surface area contributed by atoms with Crippen molar-refractivity contribution in [1.29, 1.82) is 0 Å². The second kappa shape index (κ2) is 8.77. The Labute approximate surface area is 176 Å². The van der Waals surface area contributed by atoms with Crippen molar-refractivity contribution in [3.05, 3.63) is 29.1 Å². The molecule has 0 bridgehead atoms. The lowest BCUT2D eigenvalue weighted by Gasteiger charge is -2.33. The number of alkyl carbamates (subject to hydrolysis) is 2. The van der Waals surface area contributed by atoms with E-state index in [2.05, 4.69) is 15.4 Å². The van der Waals surface area contributed by atoms with Crippen molar-refractivity contribution >= 4 is 17.9 Å². The quantitative estimate of drug-likeness (QED) is 0.481. The molecule has 1 heterocycles. The summed E-state index contributed by atoms with van der Waals surface area (Å²) in [5.41, 5.74) is -4.55. The number of rotatable bonds is 4. The number of nitrogens with zero attached hydrogens (tertiary/aromatic N) is 1. The van der Waals surface area contributed by atoms with Gasteiger partial charge in [0.05, 0.1) is 25.8 Å². The number of anilines is 1. The average molecular weight is 451 g/mol. The highest BCUT2D eigenvalue weighted by atomic mass is 19.4. The lowest BCUT2D eigenvalue weighted by Crippen LogP contribution is -2.62. The van der Waals surface area contributed by atoms with Gasteiger partial charge in [-0.05, 0) is 32.9 Å². The largest absolute Gasteiger partial charge is 0.453 e. The summed E-state index contributed by atoms with van der Waals surface area (Å²) in [4.78, 5) is 25.6. The Morgan fingerprint density at radius 2 is 1.81 bits per heavy atom. The van der Waals surface area contributed by atoms with Crippen molar-refractivity contribution in [2.45, 2.75) is 51.2 Å². The zero-order valence-electron chi connectivity index (χ0n) is 17.5. The summed E-state index contributed by atoms with van der Waals surface area (Å²) in [5.74, 6) is -1.51. The number of hydrogen-bond donors (Lipinski definition) is 3. The first-order valence-electron chi connectivity index (χ1n) is 9.33. The van der Waals surface area contributed by atoms with E-state index in [1.165, 1.54) is 4.90 Å². The van der Waals surface area contributed by atoms with Crippen LogP contribution in [0.3, 0.4) is 0 Å². The Morgan fingerprint density at radius 1 is 1.19 bits per heavy atom. The minimum Gasteiger partial charge on any atom is -0.453 e. The van der Waals surface area contributed by atoms with Gasteiger partial charge in [0.25, 0.3) is 0 Å². The van der Waals surface area contributed by atoms with Gasteiger partial charge in [0.2, 0.25) is 0 Å². The van der Waals surface area contributed by atoms with Crippen LogP contribution in [-0.4, -0.2) is 48.8 Å². The van der Waals surface area contributed by atoms with Crippen LogP contribution >= 0.6 is 0 Å². The van der Waals surface area contributed by atoms with E-state index in [-0.39, 0.29) is 25.2 Å². The lowest BCUT2D eigenvalue weighted by molar-refractivity contribution is -0.141. The maximum absolute atomic E-state index is 13.9. The maximum atomic E-state index is 13.9. The van der Waals surface area contributed by atoms with Gasteiger partial charge >= 0.3 is 18.4 Å². The highest BCUT2D eigenvalue weighted by Gasteiger charge is 2.44. The van der Waals surface area contributed by atoms with Gasteiger partial charge in [-0.25, -0.2) is 14.0 Å². The van der Waals surface area contributed by atoms with E-state index in [0.717, 1.165) is 13.2 Å². The predicted octanol–water partition coefficient (Wildman–Crippen LogP) is 3.12. The van der Waals surface area contributed by atoms with Gasteiger partial charge in [0.15, 0.2) is 0 Å². The number of aliphatic hydroxyl groups is 1. The zero-order valence-corrected chi connectivity index (χ0v) is 17.5. The molecule has 1 atom stereocenters. The minimum atomic E-state index is -5.02. The third-order valence-electron chi connectivity index (χ3n) is 4.56. The fraction of sp³-hybridized carbons (Fsp3) is 0.579. The Hall–Kier alpha value is -2.76. The number of amides is 2. The second-order valence-electron chi connectivity index (χ2n) is 8.07. The van der Waals surface area contributed by atoms with E-state index < -0.39 is 53.2 Å². The summed E-state index contributed by atoms with van der Waals surface area (Å²) in [6, 6.07) is 1.77. The van der Waals surface area contributed by atoms with Gasteiger partial charge in [-0.15, -0.1) is 0 Å². The predicted molar refractivity (Wildman–Crippen MR) is 102 cm³/mol. The van der Waals surface area contributed by atoms with Crippen LogP contribution in [0, 0.1) is 5.82 Å². The van der Waals surface area contributed by atoms with Crippen LogP contribution in [0.4, 0.5) is 32.8 Å². The van der Waals surface area contributed by atoms with Gasteiger partial charge < -0.3 is 19.5 Å². The number of alkyl halides is 3. The molecule has 31 heavy (non-hydrogen) atoms. The summed E-state index contributed by atoms with van der Waals surface area (Å²) < 4.78 is 63.7. The SMILES string of the molecule is COC(=O)N[C@@]1(NC(=O)OC(C)(C)C)CCN(c2ccc(F)c(C(F)(F)F)c2CO)C1. The van der Waals surface area contributed by atoms with Crippen LogP contribution in [-0.2, 0) is 22.3 Å². The molecule has 3 N–H and O–H groups in total. The summed E-state index contributed by atoms with van der Waals surface area (Å²) in [7, 11) is 1.11. The fourth-order valence-electron chi connectivity index (χ4n) is 3.37. The van der Waals surface area contributed by atoms with E-state index in [1.807, 2.05) is 0 Å². The number of aliphatic hydroxyl groups excluding tert-OH is 1. The highest BCUT2D eigenvalue weighted by molar-refractivity contribution is 5.73. The van der Waals surface area contributed by atoms with Crippen LogP contribution in [0.2, 0.25) is 0 Å². The molecule has 1 aromatic rings. The van der Waals surface area contributed by atoms with E-state index in [4.69, 9.17) is 4.74 Å². The molecule has 0 aromatic heterocycles. The Bertz CT molecular complexity index is 841. The van der Waals surface area contributed by atoms with Gasteiger partial charge in [0.1, 0.15) is 17.1 Å². The molecule has 1 aromatic carbocycles. The Kier molecular flexibility index (Phi) is 6.94. The Morgan fingerprint density at radius 3 is 2.32 bits per heavy atom. The molecule has 1 saturated heterocycles. The molecular weight excluding hydrogens is 426 g/mol. The van der Waals surface area contributed by atoms with Crippen molar-refractivity contribution in [3.8, 4) is 0 Å². The number of nitrogens with one attached hydrogen (secondary N) is 2. The number of hydrogen-bond acceptors (Lipinski definition) is 6. The molecule has 1 aliphatic rings. The molecule has 0 unspecified atom stereocenters. The summed E-state index contributed by atoms with van der Waals surface area (Å²) in [6.45, 7) is 3.75. The molecule has 1 fully saturated rings. The van der Waals surface area contributed by atoms with Crippen LogP contribution in [0.1, 0.15) is 38.3 Å². The second-order valence-corrected chi connectivity index (χ2v) is 8.07. The average Bonchev–Trinajstić information content (AvgIpc) is 3.01. The number of methoxy groups -OCH3 is 1. The summed E-state index contributed by atoms with van der Waals surface area (Å²) in [5, 5.41) is 14.6. The van der Waals surface area contributed by atoms with Crippen molar-refractivity contribution in [1.82, 2.24) is 10.6 Å². The van der Waals surface area contributed by atoms with Crippen LogP contribution in [0.15, 0.2) is 12.1 Å². The molecule has 1 aliphatic heterocycles. The fourth-order valence-corrected chi connectivity index (χ4v) is 3.37. The first kappa shape index (κ1) is 24.5. The molecule has 2 amide bonds. The topological polar surface area (TPSA) is 100 Å². The van der Waals surface area contributed by atoms with Crippen molar-refractivity contribution in [2.24, 2.45) is 0 Å². The molecule has 8 nitrogen and oxygen atoms in total. The number of carbonyl (C=O) groups is 2. The van der Waals surface area contributed by atoms with Gasteiger partial charge in [-0.3, -0.25) is 10.6 Å². The van der Waals surface area contributed by atoms with Crippen LogP contribution in [0.5, 0.6) is 0 Å². The molecule has 0 radical (unpaired) electrons. The van der Waals surface area contributed by atoms with Gasteiger partial charge in [0, 0.05) is 24.2 Å². The maximum Gasteiger partial charge on any atom is 0.419 e. The molecule has 12 heteroatoms. The first-order chi connectivity index (χ1) is 14.2. The molecule has 0 saturated carbocycles. The first-order valence-corrected chi connectivity index (χ1v) is 9.33. The number of carbonyl (C=O) groups excluding carboxylic acids is 2. The van der Waals surface area contributed by atoms with Crippen molar-refractivity contribution in [2.75, 3.05) is 25.1 Å². The zero-order chi connectivity index (χ0) is 23.6. The van der Waals surface area contributed by atoms with E-state index >= 15 is 0 Å². The summed E-state index contributed by atoms with van der Waals surface area (Å²) >= 11 is 0. The summed E-state index contributed by atoms with van der Waals surface area (Å²) in [6.07, 6.45) is -6.68. The number of halogens is 4. The molecular formula is C19H25F4N3O5. The van der Waals surface area contributed by atoms with Gasteiger partial charge in [-0.2, -0.15) is 13.2 Å². The van der Waals surface area contributed by atoms with Crippen molar-refractivity contribution < 1.29 is 41.7 Å². The van der Waals surface area contributed by atoms with Gasteiger partial charge in [-0.1, -0.05) is 0 Å². The van der Waals surface area contributed by atoms with Crippen molar-refractivity contribution in [3.63, 3.8) is 0 Å². The van der Waals surface area contributed by atoms with E-state index in [9.17, 15) is 32.3 Å².